The summed E-state index contributed by atoms with van der Waals surface area (Å²) in [6.07, 6.45) is 3.25. The van der Waals surface area contributed by atoms with Crippen molar-refractivity contribution < 1.29 is 19.1 Å². The number of benzene rings is 1. The number of ether oxygens (including phenoxy) is 2. The van der Waals surface area contributed by atoms with Crippen LogP contribution in [-0.2, 0) is 4.79 Å². The highest BCUT2D eigenvalue weighted by atomic mass is 35.5. The molecule has 8 heteroatoms. The maximum absolute atomic E-state index is 12.4. The second-order valence-electron chi connectivity index (χ2n) is 7.37. The van der Waals surface area contributed by atoms with Crippen LogP contribution in [0.1, 0.15) is 50.4 Å². The van der Waals surface area contributed by atoms with E-state index in [-0.39, 0.29) is 30.8 Å². The van der Waals surface area contributed by atoms with Gasteiger partial charge in [-0.1, -0.05) is 0 Å². The second-order valence-corrected chi connectivity index (χ2v) is 7.37. The monoisotopic (exact) mass is 413 g/mol. The molecule has 0 bridgehead atoms. The van der Waals surface area contributed by atoms with Crippen molar-refractivity contribution in [3.8, 4) is 11.5 Å². The molecule has 1 aromatic carbocycles. The van der Waals surface area contributed by atoms with Crippen LogP contribution < -0.4 is 20.5 Å². The Morgan fingerprint density at radius 3 is 2.43 bits per heavy atom. The van der Waals surface area contributed by atoms with Gasteiger partial charge in [-0.2, -0.15) is 0 Å². The van der Waals surface area contributed by atoms with E-state index >= 15 is 0 Å². The van der Waals surface area contributed by atoms with Gasteiger partial charge in [-0.3, -0.25) is 9.59 Å². The van der Waals surface area contributed by atoms with E-state index in [1.165, 1.54) is 6.42 Å². The van der Waals surface area contributed by atoms with Crippen LogP contribution in [0.2, 0.25) is 0 Å². The van der Waals surface area contributed by atoms with Crippen molar-refractivity contribution >= 4 is 24.2 Å². The molecule has 28 heavy (non-hydrogen) atoms. The first kappa shape index (κ1) is 24.0. The smallest absolute Gasteiger partial charge is 0.260 e. The lowest BCUT2D eigenvalue weighted by Crippen LogP contribution is -2.48. The Balaban J connectivity index is 0.00000392. The lowest BCUT2D eigenvalue weighted by Gasteiger charge is -2.26. The molecule has 1 heterocycles. The van der Waals surface area contributed by atoms with Gasteiger partial charge in [-0.15, -0.1) is 12.4 Å². The van der Waals surface area contributed by atoms with Crippen molar-refractivity contribution in [2.75, 3.05) is 32.8 Å². The van der Waals surface area contributed by atoms with Gasteiger partial charge >= 0.3 is 0 Å². The van der Waals surface area contributed by atoms with E-state index in [0.717, 1.165) is 25.9 Å². The van der Waals surface area contributed by atoms with Gasteiger partial charge in [0.2, 0.25) is 0 Å². The molecule has 1 saturated heterocycles. The lowest BCUT2D eigenvalue weighted by atomic mass is 10.1. The van der Waals surface area contributed by atoms with Crippen molar-refractivity contribution in [2.45, 2.75) is 45.6 Å². The minimum absolute atomic E-state index is 0. The molecule has 0 radical (unpaired) electrons. The predicted octanol–water partition coefficient (Wildman–Crippen LogP) is 2.37. The summed E-state index contributed by atoms with van der Waals surface area (Å²) >= 11 is 0. The number of hydrogen-bond acceptors (Lipinski definition) is 5. The SMILES string of the molecule is CCOc1cc(C(=O)NC(C)(C)CN)ccc1OCC(=O)N1CCCCC1.Cl. The zero-order valence-corrected chi connectivity index (χ0v) is 17.8. The largest absolute Gasteiger partial charge is 0.490 e. The number of halogens is 1. The van der Waals surface area contributed by atoms with E-state index < -0.39 is 5.54 Å². The maximum Gasteiger partial charge on any atom is 0.260 e. The molecular formula is C20H32ClN3O4. The fraction of sp³-hybridized carbons (Fsp3) is 0.600. The first-order valence-corrected chi connectivity index (χ1v) is 9.56. The minimum Gasteiger partial charge on any atom is -0.490 e. The molecule has 7 nitrogen and oxygen atoms in total. The van der Waals surface area contributed by atoms with Crippen molar-refractivity contribution in [2.24, 2.45) is 5.73 Å². The van der Waals surface area contributed by atoms with E-state index in [1.54, 1.807) is 18.2 Å². The molecule has 0 saturated carbocycles. The number of amides is 2. The van der Waals surface area contributed by atoms with E-state index in [0.29, 0.717) is 30.2 Å². The third-order valence-electron chi connectivity index (χ3n) is 4.53. The second kappa shape index (κ2) is 11.1. The predicted molar refractivity (Wildman–Crippen MR) is 111 cm³/mol. The number of carbonyl (C=O) groups is 2. The zero-order chi connectivity index (χ0) is 19.9. The Bertz CT molecular complexity index is 661. The third-order valence-corrected chi connectivity index (χ3v) is 4.53. The molecule has 1 aliphatic heterocycles. The molecule has 2 rings (SSSR count). The Hall–Kier alpha value is -1.99. The number of carbonyl (C=O) groups excluding carboxylic acids is 2. The van der Waals surface area contributed by atoms with Gasteiger partial charge in [-0.25, -0.2) is 0 Å². The number of hydrogen-bond donors (Lipinski definition) is 2. The first-order chi connectivity index (χ1) is 12.9. The molecule has 3 N–H and O–H groups in total. The number of likely N-dealkylation sites (tertiary alicyclic amines) is 1. The number of nitrogens with one attached hydrogen (secondary N) is 1. The fourth-order valence-corrected chi connectivity index (χ4v) is 2.84. The van der Waals surface area contributed by atoms with Gasteiger partial charge in [-0.05, 0) is 58.2 Å². The quantitative estimate of drug-likeness (QED) is 0.682. The van der Waals surface area contributed by atoms with E-state index in [4.69, 9.17) is 15.2 Å². The summed E-state index contributed by atoms with van der Waals surface area (Å²) in [5.74, 6) is 0.644. The van der Waals surface area contributed by atoms with Gasteiger partial charge in [0.15, 0.2) is 18.1 Å². The highest BCUT2D eigenvalue weighted by Crippen LogP contribution is 2.29. The van der Waals surface area contributed by atoms with E-state index in [1.807, 2.05) is 25.7 Å². The Morgan fingerprint density at radius 1 is 1.14 bits per heavy atom. The Morgan fingerprint density at radius 2 is 1.82 bits per heavy atom. The van der Waals surface area contributed by atoms with Crippen molar-refractivity contribution in [1.29, 1.82) is 0 Å². The molecule has 1 aromatic rings. The van der Waals surface area contributed by atoms with E-state index in [9.17, 15) is 9.59 Å². The van der Waals surface area contributed by atoms with Crippen LogP contribution in [0.15, 0.2) is 18.2 Å². The van der Waals surface area contributed by atoms with Gasteiger partial charge in [0.1, 0.15) is 0 Å². The third kappa shape index (κ3) is 6.87. The molecular weight excluding hydrogens is 382 g/mol. The molecule has 1 fully saturated rings. The molecule has 0 aromatic heterocycles. The van der Waals surface area contributed by atoms with Gasteiger partial charge in [0, 0.05) is 30.7 Å². The first-order valence-electron chi connectivity index (χ1n) is 9.56. The zero-order valence-electron chi connectivity index (χ0n) is 17.0. The number of nitrogens with zero attached hydrogens (tertiary/aromatic N) is 1. The average Bonchev–Trinajstić information content (AvgIpc) is 2.67. The molecule has 0 unspecified atom stereocenters. The fourth-order valence-electron chi connectivity index (χ4n) is 2.84. The van der Waals surface area contributed by atoms with Crippen LogP contribution in [0.25, 0.3) is 0 Å². The highest BCUT2D eigenvalue weighted by molar-refractivity contribution is 5.95. The van der Waals surface area contributed by atoms with Crippen molar-refractivity contribution in [1.82, 2.24) is 10.2 Å². The summed E-state index contributed by atoms with van der Waals surface area (Å²) in [5, 5.41) is 2.88. The van der Waals surface area contributed by atoms with E-state index in [2.05, 4.69) is 5.32 Å². The Labute approximate surface area is 173 Å². The van der Waals surface area contributed by atoms with Gasteiger partial charge < -0.3 is 25.4 Å². The lowest BCUT2D eigenvalue weighted by molar-refractivity contribution is -0.134. The maximum atomic E-state index is 12.4. The van der Waals surface area contributed by atoms with Crippen LogP contribution in [0.4, 0.5) is 0 Å². The number of rotatable bonds is 8. The summed E-state index contributed by atoms with van der Waals surface area (Å²) in [6, 6.07) is 4.95. The van der Waals surface area contributed by atoms with Crippen molar-refractivity contribution in [3.63, 3.8) is 0 Å². The van der Waals surface area contributed by atoms with Gasteiger partial charge in [0.25, 0.3) is 11.8 Å². The highest BCUT2D eigenvalue weighted by Gasteiger charge is 2.21. The Kier molecular flexibility index (Phi) is 9.55. The molecule has 1 aliphatic rings. The summed E-state index contributed by atoms with van der Waals surface area (Å²) in [5.41, 5.74) is 5.62. The summed E-state index contributed by atoms with van der Waals surface area (Å²) in [7, 11) is 0. The van der Waals surface area contributed by atoms with Crippen molar-refractivity contribution in [3.05, 3.63) is 23.8 Å². The normalized spacial score (nSPS) is 14.1. The minimum atomic E-state index is -0.501. The number of piperidine rings is 1. The van der Waals surface area contributed by atoms with Crippen LogP contribution in [0.5, 0.6) is 11.5 Å². The molecule has 0 aliphatic carbocycles. The molecule has 158 valence electrons. The van der Waals surface area contributed by atoms with Crippen LogP contribution >= 0.6 is 12.4 Å². The summed E-state index contributed by atoms with van der Waals surface area (Å²) in [6.45, 7) is 7.87. The average molecular weight is 414 g/mol. The molecule has 0 spiro atoms. The summed E-state index contributed by atoms with van der Waals surface area (Å²) in [4.78, 5) is 26.6. The standard InChI is InChI=1S/C20H31N3O4.ClH/c1-4-26-17-12-15(19(25)22-20(2,3)14-21)8-9-16(17)27-13-18(24)23-10-6-5-7-11-23;/h8-9,12H,4-7,10-11,13-14,21H2,1-3H3,(H,22,25);1H. The summed E-state index contributed by atoms with van der Waals surface area (Å²) < 4.78 is 11.3. The van der Waals surface area contributed by atoms with Crippen LogP contribution in [-0.4, -0.2) is 55.1 Å². The van der Waals surface area contributed by atoms with Gasteiger partial charge in [0.05, 0.1) is 6.61 Å². The van der Waals surface area contributed by atoms with Crippen LogP contribution in [0.3, 0.4) is 0 Å². The van der Waals surface area contributed by atoms with Crippen LogP contribution in [0, 0.1) is 0 Å². The molecule has 0 atom stereocenters. The molecule has 2 amide bonds. The topological polar surface area (TPSA) is 93.9 Å². The number of nitrogens with two attached hydrogens (primary N) is 1.